The molecule has 0 aliphatic rings. The van der Waals surface area contributed by atoms with Crippen LogP contribution in [0.2, 0.25) is 0 Å². The molecule has 0 bridgehead atoms. The maximum atomic E-state index is 10.3. The maximum absolute atomic E-state index is 10.3. The monoisotopic (exact) mass is 169 g/mol. The van der Waals surface area contributed by atoms with Gasteiger partial charge in [0, 0.05) is 0 Å². The molecule has 0 aliphatic heterocycles. The predicted octanol–water partition coefficient (Wildman–Crippen LogP) is -1.72. The van der Waals surface area contributed by atoms with E-state index in [1.54, 1.807) is 0 Å². The van der Waals surface area contributed by atoms with Crippen molar-refractivity contribution in [3.8, 4) is 0 Å². The van der Waals surface area contributed by atoms with Crippen LogP contribution in [0, 0.1) is 0 Å². The molecule has 0 aromatic rings. The Morgan fingerprint density at radius 1 is 1.60 bits per heavy atom. The molecule has 0 saturated heterocycles. The molecule has 0 heterocycles. The van der Waals surface area contributed by atoms with Crippen molar-refractivity contribution in [2.75, 3.05) is 13.3 Å². The molecule has 7 heteroatoms. The SMILES string of the molecule is O=C(CNCO)OP(O)O. The van der Waals surface area contributed by atoms with Gasteiger partial charge in [-0.1, -0.05) is 0 Å². The number of carbonyl (C=O) groups excluding carboxylic acids is 1. The Balaban J connectivity index is 3.26. The van der Waals surface area contributed by atoms with E-state index in [-0.39, 0.29) is 13.3 Å². The molecule has 0 fully saturated rings. The van der Waals surface area contributed by atoms with E-state index in [9.17, 15) is 4.79 Å². The Labute approximate surface area is 58.4 Å². The molecule has 0 unspecified atom stereocenters. The molecule has 0 rings (SSSR count). The van der Waals surface area contributed by atoms with Gasteiger partial charge in [0.1, 0.15) is 0 Å². The van der Waals surface area contributed by atoms with Gasteiger partial charge in [0.25, 0.3) is 0 Å². The molecule has 6 nitrogen and oxygen atoms in total. The number of aliphatic hydroxyl groups is 1. The van der Waals surface area contributed by atoms with E-state index in [2.05, 4.69) is 9.84 Å². The van der Waals surface area contributed by atoms with Crippen molar-refractivity contribution in [1.82, 2.24) is 5.32 Å². The van der Waals surface area contributed by atoms with Gasteiger partial charge >= 0.3 is 14.6 Å². The summed E-state index contributed by atoms with van der Waals surface area (Å²) in [5, 5.41) is 10.3. The van der Waals surface area contributed by atoms with Crippen molar-refractivity contribution < 1.29 is 24.2 Å². The number of hydrogen-bond donors (Lipinski definition) is 4. The normalized spacial score (nSPS) is 10.0. The van der Waals surface area contributed by atoms with Crippen LogP contribution in [-0.4, -0.2) is 34.1 Å². The second-order valence-electron chi connectivity index (χ2n) is 1.30. The molecule has 0 spiro atoms. The van der Waals surface area contributed by atoms with Gasteiger partial charge in [0.05, 0.1) is 13.3 Å². The number of carbonyl (C=O) groups is 1. The van der Waals surface area contributed by atoms with Crippen molar-refractivity contribution >= 4 is 14.6 Å². The van der Waals surface area contributed by atoms with Gasteiger partial charge < -0.3 is 19.4 Å². The smallest absolute Gasteiger partial charge is 0.393 e. The Morgan fingerprint density at radius 2 is 2.20 bits per heavy atom. The van der Waals surface area contributed by atoms with Gasteiger partial charge in [-0.3, -0.25) is 10.1 Å². The lowest BCUT2D eigenvalue weighted by atomic mass is 10.7. The molecule has 10 heavy (non-hydrogen) atoms. The molecule has 0 atom stereocenters. The average molecular weight is 169 g/mol. The first-order chi connectivity index (χ1) is 4.66. The molecule has 0 aliphatic carbocycles. The summed E-state index contributed by atoms with van der Waals surface area (Å²) in [6.07, 6.45) is 0. The Hall–Kier alpha value is -0.260. The van der Waals surface area contributed by atoms with Gasteiger partial charge in [0.2, 0.25) is 0 Å². The van der Waals surface area contributed by atoms with Crippen molar-refractivity contribution in [3.63, 3.8) is 0 Å². The van der Waals surface area contributed by atoms with E-state index >= 15 is 0 Å². The molecular formula is C3H8NO5P. The van der Waals surface area contributed by atoms with Crippen LogP contribution in [0.4, 0.5) is 0 Å². The second-order valence-corrected chi connectivity index (χ2v) is 1.99. The minimum absolute atomic E-state index is 0.240. The van der Waals surface area contributed by atoms with Crippen molar-refractivity contribution in [1.29, 1.82) is 0 Å². The third kappa shape index (κ3) is 5.87. The van der Waals surface area contributed by atoms with Gasteiger partial charge in [-0.05, 0) is 0 Å². The molecule has 0 radical (unpaired) electrons. The van der Waals surface area contributed by atoms with Crippen molar-refractivity contribution in [2.45, 2.75) is 0 Å². The van der Waals surface area contributed by atoms with Gasteiger partial charge in [0.15, 0.2) is 0 Å². The van der Waals surface area contributed by atoms with Crippen molar-refractivity contribution in [2.24, 2.45) is 0 Å². The standard InChI is InChI=1S/C3H8NO5P/c5-2-4-1-3(6)9-10(7)8/h4-5,7-8H,1-2H2. The highest BCUT2D eigenvalue weighted by Gasteiger charge is 2.07. The highest BCUT2D eigenvalue weighted by molar-refractivity contribution is 7.40. The van der Waals surface area contributed by atoms with Gasteiger partial charge in [-0.25, -0.2) is 0 Å². The third-order valence-electron chi connectivity index (χ3n) is 0.565. The number of rotatable bonds is 4. The highest BCUT2D eigenvalue weighted by atomic mass is 31.2. The number of hydrogen-bond acceptors (Lipinski definition) is 6. The van der Waals surface area contributed by atoms with E-state index in [0.29, 0.717) is 0 Å². The zero-order chi connectivity index (χ0) is 7.98. The molecule has 4 N–H and O–H groups in total. The largest absolute Gasteiger partial charge is 0.393 e. The number of nitrogens with one attached hydrogen (secondary N) is 1. The molecule has 0 amide bonds. The second kappa shape index (κ2) is 5.52. The fourth-order valence-corrected chi connectivity index (χ4v) is 0.528. The van der Waals surface area contributed by atoms with Gasteiger partial charge in [-0.15, -0.1) is 0 Å². The van der Waals surface area contributed by atoms with E-state index in [0.717, 1.165) is 0 Å². The van der Waals surface area contributed by atoms with Crippen molar-refractivity contribution in [3.05, 3.63) is 0 Å². The summed E-state index contributed by atoms with van der Waals surface area (Å²) in [6.45, 7) is -0.597. The average Bonchev–Trinajstić information content (AvgIpc) is 1.82. The summed E-state index contributed by atoms with van der Waals surface area (Å²) in [6, 6.07) is 0. The van der Waals surface area contributed by atoms with Crippen LogP contribution in [0.1, 0.15) is 0 Å². The summed E-state index contributed by atoms with van der Waals surface area (Å²) >= 11 is 0. The summed E-state index contributed by atoms with van der Waals surface area (Å²) in [7, 11) is -2.63. The summed E-state index contributed by atoms with van der Waals surface area (Å²) in [5.41, 5.74) is 0. The minimum atomic E-state index is -2.63. The van der Waals surface area contributed by atoms with E-state index in [1.165, 1.54) is 0 Å². The van der Waals surface area contributed by atoms with Crippen LogP contribution in [0.25, 0.3) is 0 Å². The maximum Gasteiger partial charge on any atom is 0.393 e. The van der Waals surface area contributed by atoms with E-state index in [4.69, 9.17) is 14.9 Å². The summed E-state index contributed by atoms with van der Waals surface area (Å²) in [5.74, 6) is -0.815. The molecule has 0 aromatic carbocycles. The zero-order valence-electron chi connectivity index (χ0n) is 5.02. The molecule has 60 valence electrons. The Bertz CT molecular complexity index is 107. The van der Waals surface area contributed by atoms with Crippen LogP contribution in [0.5, 0.6) is 0 Å². The molecule has 0 aromatic heterocycles. The van der Waals surface area contributed by atoms with Crippen LogP contribution in [-0.2, 0) is 9.32 Å². The lowest BCUT2D eigenvalue weighted by Gasteiger charge is -2.02. The first kappa shape index (κ1) is 9.74. The van der Waals surface area contributed by atoms with Crippen LogP contribution in [0.15, 0.2) is 0 Å². The fraction of sp³-hybridized carbons (Fsp3) is 0.667. The summed E-state index contributed by atoms with van der Waals surface area (Å²) in [4.78, 5) is 26.5. The first-order valence-electron chi connectivity index (χ1n) is 2.37. The molecule has 0 saturated carbocycles. The fourth-order valence-electron chi connectivity index (χ4n) is 0.281. The van der Waals surface area contributed by atoms with Gasteiger partial charge in [-0.2, -0.15) is 0 Å². The lowest BCUT2D eigenvalue weighted by Crippen LogP contribution is -2.24. The quantitative estimate of drug-likeness (QED) is 0.295. The highest BCUT2D eigenvalue weighted by Crippen LogP contribution is 2.23. The van der Waals surface area contributed by atoms with Crippen LogP contribution in [0.3, 0.4) is 0 Å². The number of aliphatic hydroxyl groups excluding tert-OH is 1. The Kier molecular flexibility index (Phi) is 5.38. The topological polar surface area (TPSA) is 99.0 Å². The molecular weight excluding hydrogens is 161 g/mol. The minimum Gasteiger partial charge on any atom is -0.393 e. The third-order valence-corrected chi connectivity index (χ3v) is 0.932. The zero-order valence-corrected chi connectivity index (χ0v) is 5.91. The van der Waals surface area contributed by atoms with Crippen LogP contribution < -0.4 is 5.32 Å². The first-order valence-corrected chi connectivity index (χ1v) is 3.53. The van der Waals surface area contributed by atoms with E-state index in [1.807, 2.05) is 0 Å². The lowest BCUT2D eigenvalue weighted by molar-refractivity contribution is -0.134. The Morgan fingerprint density at radius 3 is 2.60 bits per heavy atom. The predicted molar refractivity (Wildman–Crippen MR) is 32.5 cm³/mol. The van der Waals surface area contributed by atoms with Crippen LogP contribution >= 0.6 is 8.60 Å². The van der Waals surface area contributed by atoms with E-state index < -0.39 is 14.6 Å². The summed E-state index contributed by atoms with van der Waals surface area (Å²) < 4.78 is 3.92.